The van der Waals surface area contributed by atoms with Crippen LogP contribution in [0.1, 0.15) is 6.42 Å². The van der Waals surface area contributed by atoms with Gasteiger partial charge in [-0.15, -0.1) is 43.4 Å². The molecule has 4 heteroatoms. The minimum absolute atomic E-state index is 0. The third kappa shape index (κ3) is 4.83. The summed E-state index contributed by atoms with van der Waals surface area (Å²) < 4.78 is 2.22. The molecule has 0 fully saturated rings. The molecule has 0 unspecified atom stereocenters. The molecule has 3 aromatic carbocycles. The van der Waals surface area contributed by atoms with E-state index < -0.39 is 0 Å². The van der Waals surface area contributed by atoms with E-state index >= 15 is 0 Å². The van der Waals surface area contributed by atoms with Crippen LogP contribution < -0.4 is 0 Å². The van der Waals surface area contributed by atoms with Crippen molar-refractivity contribution in [2.75, 3.05) is 0 Å². The van der Waals surface area contributed by atoms with E-state index in [0.29, 0.717) is 0 Å². The molecule has 4 aromatic rings. The Morgan fingerprint density at radius 1 is 0.808 bits per heavy atom. The molecule has 0 aliphatic heterocycles. The molecule has 130 valence electrons. The first kappa shape index (κ1) is 22.6. The zero-order valence-electron chi connectivity index (χ0n) is 14.1. The second-order valence-corrected chi connectivity index (χ2v) is 5.60. The molecule has 26 heavy (non-hydrogen) atoms. The molecule has 1 aliphatic rings. The summed E-state index contributed by atoms with van der Waals surface area (Å²) in [5.74, 6) is 0. The molecule has 0 bridgehead atoms. The smallest absolute Gasteiger partial charge is 0.402 e. The zero-order valence-corrected chi connectivity index (χ0v) is 18.2. The Morgan fingerprint density at radius 3 is 1.96 bits per heavy atom. The van der Waals surface area contributed by atoms with E-state index in [2.05, 4.69) is 89.8 Å². The predicted octanol–water partition coefficient (Wildman–Crippen LogP) is 6.65. The van der Waals surface area contributed by atoms with Crippen LogP contribution in [0.15, 0.2) is 91.3 Å². The fourth-order valence-electron chi connectivity index (χ4n) is 2.92. The van der Waals surface area contributed by atoms with Gasteiger partial charge < -0.3 is 4.57 Å². The molecule has 0 saturated carbocycles. The molecule has 0 radical (unpaired) electrons. The Hall–Kier alpha value is -1.47. The first-order valence-corrected chi connectivity index (χ1v) is 7.85. The van der Waals surface area contributed by atoms with Crippen LogP contribution in [0.2, 0.25) is 0 Å². The Labute approximate surface area is 185 Å². The van der Waals surface area contributed by atoms with Gasteiger partial charge in [-0.2, -0.15) is 6.08 Å². The summed E-state index contributed by atoms with van der Waals surface area (Å²) in [6.45, 7) is 0. The number of nitrogens with zero attached hydrogens (tertiary/aromatic N) is 1. The van der Waals surface area contributed by atoms with Crippen molar-refractivity contribution in [3.05, 3.63) is 97.4 Å². The quantitative estimate of drug-likeness (QED) is 0.281. The Kier molecular flexibility index (Phi) is 9.23. The standard InChI is InChI=1S/C17H12N.C5H5.2ClH.Zr/c1-2-7-15-12-18(11-14(15)6-1)17-10-9-13-5-3-4-8-16(13)17;1-2-4-5-3-1;;;/h1-12H;1-3H,4H2;2*1H;/q2*-1;;;+2. The van der Waals surface area contributed by atoms with E-state index in [1.54, 1.807) is 0 Å². The van der Waals surface area contributed by atoms with Crippen molar-refractivity contribution in [3.8, 4) is 5.69 Å². The van der Waals surface area contributed by atoms with E-state index in [-0.39, 0.29) is 51.0 Å². The second-order valence-electron chi connectivity index (χ2n) is 5.60. The van der Waals surface area contributed by atoms with Gasteiger partial charge in [0.2, 0.25) is 0 Å². The molecule has 1 heterocycles. The third-order valence-corrected chi connectivity index (χ3v) is 4.07. The number of benzene rings is 2. The maximum atomic E-state index is 2.99. The molecular formula is C22H19Cl2NZr. The monoisotopic (exact) mass is 457 g/mol. The van der Waals surface area contributed by atoms with Crippen LogP contribution >= 0.6 is 24.8 Å². The van der Waals surface area contributed by atoms with Crippen molar-refractivity contribution in [3.63, 3.8) is 0 Å². The largest absolute Gasteiger partial charge is 2.00 e. The molecule has 0 amide bonds. The molecule has 1 nitrogen and oxygen atoms in total. The van der Waals surface area contributed by atoms with E-state index in [1.807, 2.05) is 12.2 Å². The number of rotatable bonds is 1. The fourth-order valence-corrected chi connectivity index (χ4v) is 2.92. The molecular weight excluding hydrogens is 440 g/mol. The minimum atomic E-state index is 0. The number of hydrogen-bond donors (Lipinski definition) is 0. The second kappa shape index (κ2) is 10.6. The fraction of sp³-hybridized carbons (Fsp3) is 0.0455. The summed E-state index contributed by atoms with van der Waals surface area (Å²) in [5, 5.41) is 5.16. The first-order valence-electron chi connectivity index (χ1n) is 7.85. The molecule has 0 saturated heterocycles. The van der Waals surface area contributed by atoms with Gasteiger partial charge in [-0.05, 0) is 28.9 Å². The number of allylic oxidation sites excluding steroid dienone is 4. The molecule has 0 atom stereocenters. The maximum absolute atomic E-state index is 2.99. The van der Waals surface area contributed by atoms with E-state index in [0.717, 1.165) is 6.42 Å². The predicted molar refractivity (Wildman–Crippen MR) is 112 cm³/mol. The molecule has 5 rings (SSSR count). The van der Waals surface area contributed by atoms with Crippen LogP contribution in [0.3, 0.4) is 0 Å². The van der Waals surface area contributed by atoms with Gasteiger partial charge in [-0.25, -0.2) is 12.2 Å². The summed E-state index contributed by atoms with van der Waals surface area (Å²) in [6.07, 6.45) is 14.4. The molecule has 0 N–H and O–H groups in total. The Bertz CT molecular complexity index is 968. The van der Waals surface area contributed by atoms with Gasteiger partial charge >= 0.3 is 26.2 Å². The van der Waals surface area contributed by atoms with Crippen LogP contribution in [-0.4, -0.2) is 4.57 Å². The Morgan fingerprint density at radius 2 is 1.42 bits per heavy atom. The van der Waals surface area contributed by atoms with Crippen LogP contribution in [0, 0.1) is 6.08 Å². The number of hydrogen-bond acceptors (Lipinski definition) is 0. The van der Waals surface area contributed by atoms with Crippen molar-refractivity contribution in [2.45, 2.75) is 6.42 Å². The number of halogens is 2. The van der Waals surface area contributed by atoms with Gasteiger partial charge in [0.25, 0.3) is 0 Å². The maximum Gasteiger partial charge on any atom is 2.00 e. The normalized spacial score (nSPS) is 11.2. The van der Waals surface area contributed by atoms with E-state index in [4.69, 9.17) is 0 Å². The van der Waals surface area contributed by atoms with Crippen LogP contribution in [0.5, 0.6) is 0 Å². The average Bonchev–Trinajstić information content (AvgIpc) is 3.34. The molecule has 1 aliphatic carbocycles. The Balaban J connectivity index is 0.000000372. The zero-order chi connectivity index (χ0) is 15.5. The summed E-state index contributed by atoms with van der Waals surface area (Å²) in [5.41, 5.74) is 1.25. The van der Waals surface area contributed by atoms with Gasteiger partial charge in [-0.1, -0.05) is 59.3 Å². The van der Waals surface area contributed by atoms with Crippen molar-refractivity contribution < 1.29 is 26.2 Å². The number of fused-ring (bicyclic) bond motifs is 2. The van der Waals surface area contributed by atoms with Crippen molar-refractivity contribution in [1.29, 1.82) is 0 Å². The topological polar surface area (TPSA) is 4.93 Å². The summed E-state index contributed by atoms with van der Waals surface area (Å²) >= 11 is 0. The van der Waals surface area contributed by atoms with Crippen molar-refractivity contribution >= 4 is 46.4 Å². The van der Waals surface area contributed by atoms with Gasteiger partial charge in [0.15, 0.2) is 0 Å². The first-order chi connectivity index (χ1) is 11.4. The van der Waals surface area contributed by atoms with E-state index in [1.165, 1.54) is 27.2 Å². The van der Waals surface area contributed by atoms with Crippen LogP contribution in [0.4, 0.5) is 0 Å². The average molecular weight is 460 g/mol. The molecule has 0 spiro atoms. The SMILES string of the molecule is Cl.Cl.[C-]1=CC=CC1.[Zr+2].c1ccc2cn(-[c-]3ccc4ccccc43)cc2c1. The van der Waals surface area contributed by atoms with Gasteiger partial charge in [0.1, 0.15) is 0 Å². The van der Waals surface area contributed by atoms with Crippen molar-refractivity contribution in [2.24, 2.45) is 0 Å². The van der Waals surface area contributed by atoms with Gasteiger partial charge in [0, 0.05) is 0 Å². The summed E-state index contributed by atoms with van der Waals surface area (Å²) in [6, 6.07) is 21.3. The van der Waals surface area contributed by atoms with Gasteiger partial charge in [0.05, 0.1) is 0 Å². The summed E-state index contributed by atoms with van der Waals surface area (Å²) in [7, 11) is 0. The number of aromatic nitrogens is 1. The van der Waals surface area contributed by atoms with Crippen LogP contribution in [0.25, 0.3) is 27.2 Å². The minimum Gasteiger partial charge on any atom is -0.402 e. The molecule has 1 aromatic heterocycles. The van der Waals surface area contributed by atoms with Crippen molar-refractivity contribution in [1.82, 2.24) is 4.57 Å². The van der Waals surface area contributed by atoms with E-state index in [9.17, 15) is 0 Å². The van der Waals surface area contributed by atoms with Gasteiger partial charge in [-0.3, -0.25) is 6.08 Å². The third-order valence-electron chi connectivity index (χ3n) is 4.07. The summed E-state index contributed by atoms with van der Waals surface area (Å²) in [4.78, 5) is 0. The van der Waals surface area contributed by atoms with Crippen LogP contribution in [-0.2, 0) is 26.2 Å².